The highest BCUT2D eigenvalue weighted by Crippen LogP contribution is 2.62. The van der Waals surface area contributed by atoms with Gasteiger partial charge in [0.05, 0.1) is 5.41 Å². The molecule has 4 aromatic rings. The summed E-state index contributed by atoms with van der Waals surface area (Å²) in [6.07, 6.45) is 5.92. The standard InChI is InChI=1S/C31H23N/c1-3-21(18-19-32-2)22-16-17-26-25-12-6-9-15-29(25)31(30(26)20-22)27-13-7-4-10-23(27)24-11-5-8-14-28(24)31/h3-20H,2H2,1H3/b19-18-,21-3+. The Hall–Kier alpha value is -3.97. The van der Waals surface area contributed by atoms with Crippen LogP contribution in [0.15, 0.2) is 114 Å². The fraction of sp³-hybridized carbons (Fsp3) is 0.0645. The molecule has 0 unspecified atom stereocenters. The number of hydrogen-bond donors (Lipinski definition) is 0. The first kappa shape index (κ1) is 18.8. The van der Waals surface area contributed by atoms with Gasteiger partial charge in [-0.15, -0.1) is 0 Å². The SMILES string of the molecule is C=N/C=C\C(=C/C)c1ccc2c(c1)C1(c3ccccc3-c3ccccc31)c1ccccc1-2. The van der Waals surface area contributed by atoms with E-state index in [1.807, 2.05) is 6.08 Å². The van der Waals surface area contributed by atoms with Gasteiger partial charge in [-0.2, -0.15) is 0 Å². The molecule has 0 saturated carbocycles. The Balaban J connectivity index is 1.74. The smallest absolute Gasteiger partial charge is 0.0725 e. The van der Waals surface area contributed by atoms with Crippen molar-refractivity contribution in [3.63, 3.8) is 0 Å². The molecule has 0 aliphatic heterocycles. The van der Waals surface area contributed by atoms with E-state index in [0.29, 0.717) is 0 Å². The third-order valence-electron chi connectivity index (χ3n) is 7.00. The van der Waals surface area contributed by atoms with Crippen LogP contribution in [0.5, 0.6) is 0 Å². The Bertz CT molecular complexity index is 1390. The van der Waals surface area contributed by atoms with Crippen molar-refractivity contribution in [2.75, 3.05) is 0 Å². The maximum atomic E-state index is 3.91. The maximum Gasteiger partial charge on any atom is 0.0725 e. The minimum Gasteiger partial charge on any atom is -0.272 e. The summed E-state index contributed by atoms with van der Waals surface area (Å²) in [4.78, 5) is 3.91. The molecule has 0 saturated heterocycles. The first-order valence-corrected chi connectivity index (χ1v) is 11.0. The molecule has 0 fully saturated rings. The Kier molecular flexibility index (Phi) is 4.13. The molecular weight excluding hydrogens is 386 g/mol. The molecule has 152 valence electrons. The summed E-state index contributed by atoms with van der Waals surface area (Å²) in [5, 5.41) is 0. The van der Waals surface area contributed by atoms with E-state index in [1.54, 1.807) is 6.20 Å². The number of hydrogen-bond acceptors (Lipinski definition) is 1. The monoisotopic (exact) mass is 409 g/mol. The summed E-state index contributed by atoms with van der Waals surface area (Å²) in [5.74, 6) is 0. The van der Waals surface area contributed by atoms with Crippen LogP contribution in [0.1, 0.15) is 34.7 Å². The molecule has 0 atom stereocenters. The van der Waals surface area contributed by atoms with Gasteiger partial charge in [-0.25, -0.2) is 0 Å². The zero-order valence-electron chi connectivity index (χ0n) is 18.0. The average molecular weight is 410 g/mol. The molecule has 1 heteroatoms. The summed E-state index contributed by atoms with van der Waals surface area (Å²) in [6.45, 7) is 5.66. The lowest BCUT2D eigenvalue weighted by atomic mass is 9.70. The van der Waals surface area contributed by atoms with Crippen molar-refractivity contribution in [3.8, 4) is 22.3 Å². The van der Waals surface area contributed by atoms with Gasteiger partial charge < -0.3 is 0 Å². The van der Waals surface area contributed by atoms with Crippen LogP contribution >= 0.6 is 0 Å². The molecule has 4 aromatic carbocycles. The van der Waals surface area contributed by atoms with Gasteiger partial charge in [-0.3, -0.25) is 4.99 Å². The third kappa shape index (κ3) is 2.31. The average Bonchev–Trinajstić information content (AvgIpc) is 3.32. The van der Waals surface area contributed by atoms with E-state index in [0.717, 1.165) is 5.57 Å². The fourth-order valence-corrected chi connectivity index (χ4v) is 5.77. The molecule has 32 heavy (non-hydrogen) atoms. The van der Waals surface area contributed by atoms with Gasteiger partial charge in [-0.05, 0) is 81.4 Å². The van der Waals surface area contributed by atoms with E-state index in [-0.39, 0.29) is 5.41 Å². The summed E-state index contributed by atoms with van der Waals surface area (Å²) in [7, 11) is 0. The summed E-state index contributed by atoms with van der Waals surface area (Å²) < 4.78 is 0. The molecule has 0 heterocycles. The minimum atomic E-state index is -0.297. The molecular formula is C31H23N. The second-order valence-electron chi connectivity index (χ2n) is 8.39. The first-order chi connectivity index (χ1) is 15.8. The van der Waals surface area contributed by atoms with Crippen LogP contribution in [0.4, 0.5) is 0 Å². The molecule has 1 spiro atoms. The topological polar surface area (TPSA) is 12.4 Å². The van der Waals surface area contributed by atoms with Gasteiger partial charge in [0.1, 0.15) is 0 Å². The van der Waals surface area contributed by atoms with Crippen molar-refractivity contribution in [2.24, 2.45) is 4.99 Å². The molecule has 0 N–H and O–H groups in total. The first-order valence-electron chi connectivity index (χ1n) is 11.0. The normalized spacial score (nSPS) is 14.8. The molecule has 0 amide bonds. The number of aliphatic imine (C=N–C) groups is 1. The van der Waals surface area contributed by atoms with Crippen LogP contribution in [-0.4, -0.2) is 6.72 Å². The van der Waals surface area contributed by atoms with Crippen LogP contribution in [0.3, 0.4) is 0 Å². The Morgan fingerprint density at radius 1 is 0.688 bits per heavy atom. The molecule has 0 radical (unpaired) electrons. The van der Waals surface area contributed by atoms with Crippen molar-refractivity contribution in [3.05, 3.63) is 137 Å². The fourth-order valence-electron chi connectivity index (χ4n) is 5.77. The number of allylic oxidation sites excluding steroid dienone is 3. The van der Waals surface area contributed by atoms with E-state index < -0.39 is 0 Å². The molecule has 0 bridgehead atoms. The van der Waals surface area contributed by atoms with E-state index in [1.165, 1.54) is 50.1 Å². The van der Waals surface area contributed by atoms with Crippen molar-refractivity contribution >= 4 is 12.3 Å². The van der Waals surface area contributed by atoms with Crippen LogP contribution < -0.4 is 0 Å². The Morgan fingerprint density at radius 2 is 1.19 bits per heavy atom. The zero-order valence-corrected chi connectivity index (χ0v) is 18.0. The van der Waals surface area contributed by atoms with Gasteiger partial charge in [0.25, 0.3) is 0 Å². The lowest BCUT2D eigenvalue weighted by Crippen LogP contribution is -2.25. The third-order valence-corrected chi connectivity index (χ3v) is 7.00. The lowest BCUT2D eigenvalue weighted by Gasteiger charge is -2.30. The van der Waals surface area contributed by atoms with Crippen LogP contribution in [0.25, 0.3) is 27.8 Å². The second kappa shape index (κ2) is 7.03. The molecule has 1 nitrogen and oxygen atoms in total. The van der Waals surface area contributed by atoms with Crippen molar-refractivity contribution in [1.82, 2.24) is 0 Å². The number of nitrogens with zero attached hydrogens (tertiary/aromatic N) is 1. The van der Waals surface area contributed by atoms with Crippen LogP contribution in [0, 0.1) is 0 Å². The number of fused-ring (bicyclic) bond motifs is 10. The molecule has 2 aliphatic rings. The van der Waals surface area contributed by atoms with E-state index >= 15 is 0 Å². The summed E-state index contributed by atoms with van der Waals surface area (Å²) >= 11 is 0. The van der Waals surface area contributed by atoms with E-state index in [9.17, 15) is 0 Å². The van der Waals surface area contributed by atoms with Gasteiger partial charge in [0.2, 0.25) is 0 Å². The summed E-state index contributed by atoms with van der Waals surface area (Å²) in [6, 6.07) is 33.6. The van der Waals surface area contributed by atoms with Crippen LogP contribution in [0.2, 0.25) is 0 Å². The number of rotatable bonds is 3. The van der Waals surface area contributed by atoms with Gasteiger partial charge in [-0.1, -0.05) is 91.0 Å². The predicted octanol–water partition coefficient (Wildman–Crippen LogP) is 7.65. The van der Waals surface area contributed by atoms with Gasteiger partial charge in [0.15, 0.2) is 0 Å². The van der Waals surface area contributed by atoms with Crippen LogP contribution in [-0.2, 0) is 5.41 Å². The van der Waals surface area contributed by atoms with Crippen molar-refractivity contribution < 1.29 is 0 Å². The zero-order chi connectivity index (χ0) is 21.7. The highest BCUT2D eigenvalue weighted by atomic mass is 14.6. The molecule has 2 aliphatic carbocycles. The largest absolute Gasteiger partial charge is 0.272 e. The maximum absolute atomic E-state index is 3.91. The highest BCUT2D eigenvalue weighted by Gasteiger charge is 2.51. The van der Waals surface area contributed by atoms with Crippen molar-refractivity contribution in [1.29, 1.82) is 0 Å². The van der Waals surface area contributed by atoms with Gasteiger partial charge in [0, 0.05) is 6.20 Å². The number of benzene rings is 4. The quantitative estimate of drug-likeness (QED) is 0.210. The molecule has 6 rings (SSSR count). The Labute approximate surface area is 189 Å². The van der Waals surface area contributed by atoms with Crippen molar-refractivity contribution in [2.45, 2.75) is 12.3 Å². The lowest BCUT2D eigenvalue weighted by molar-refractivity contribution is 0.793. The molecule has 0 aromatic heterocycles. The summed E-state index contributed by atoms with van der Waals surface area (Å²) in [5.41, 5.74) is 12.8. The minimum absolute atomic E-state index is 0.297. The van der Waals surface area contributed by atoms with Gasteiger partial charge >= 0.3 is 0 Å². The predicted molar refractivity (Wildman–Crippen MR) is 135 cm³/mol. The highest BCUT2D eigenvalue weighted by molar-refractivity contribution is 5.95. The Morgan fingerprint density at radius 3 is 1.69 bits per heavy atom. The van der Waals surface area contributed by atoms with E-state index in [2.05, 4.69) is 116 Å². The second-order valence-corrected chi connectivity index (χ2v) is 8.39. The van der Waals surface area contributed by atoms with E-state index in [4.69, 9.17) is 0 Å².